The van der Waals surface area contributed by atoms with Crippen LogP contribution in [0.1, 0.15) is 37.7 Å². The van der Waals surface area contributed by atoms with E-state index in [0.717, 1.165) is 51.3 Å². The van der Waals surface area contributed by atoms with Gasteiger partial charge in [-0.1, -0.05) is 6.07 Å². The normalized spacial score (nSPS) is 23.4. The van der Waals surface area contributed by atoms with Crippen LogP contribution in [0.4, 0.5) is 5.82 Å². The van der Waals surface area contributed by atoms with Crippen LogP contribution in [-0.2, 0) is 4.79 Å². The Morgan fingerprint density at radius 1 is 1.19 bits per heavy atom. The number of anilines is 1. The molecular weight excluding hydrogens is 407 g/mol. The third-order valence-electron chi connectivity index (χ3n) is 6.17. The van der Waals surface area contributed by atoms with Gasteiger partial charge in [-0.2, -0.15) is 0 Å². The van der Waals surface area contributed by atoms with Gasteiger partial charge in [0.1, 0.15) is 5.82 Å². The van der Waals surface area contributed by atoms with E-state index in [-0.39, 0.29) is 43.1 Å². The second-order valence-electron chi connectivity index (χ2n) is 7.83. The highest BCUT2D eigenvalue weighted by molar-refractivity contribution is 5.86. The fourth-order valence-electron chi connectivity index (χ4n) is 4.40. The van der Waals surface area contributed by atoms with Crippen LogP contribution in [-0.4, -0.2) is 43.1 Å². The molecule has 154 valence electrons. The molecule has 1 aromatic heterocycles. The summed E-state index contributed by atoms with van der Waals surface area (Å²) < 4.78 is 0. The quantitative estimate of drug-likeness (QED) is 0.763. The highest BCUT2D eigenvalue weighted by Gasteiger charge is 2.57. The molecule has 3 aliphatic rings. The van der Waals surface area contributed by atoms with Crippen LogP contribution in [0.15, 0.2) is 18.3 Å². The zero-order valence-electron chi connectivity index (χ0n) is 15.8. The summed E-state index contributed by atoms with van der Waals surface area (Å²) in [6.07, 6.45) is 7.40. The average molecular weight is 438 g/mol. The summed E-state index contributed by atoms with van der Waals surface area (Å²) in [6.45, 7) is 6.16. The van der Waals surface area contributed by atoms with Crippen molar-refractivity contribution in [3.8, 4) is 0 Å². The Morgan fingerprint density at radius 3 is 2.44 bits per heavy atom. The van der Waals surface area contributed by atoms with Crippen molar-refractivity contribution in [1.29, 1.82) is 0 Å². The zero-order valence-corrected chi connectivity index (χ0v) is 18.2. The highest BCUT2D eigenvalue weighted by atomic mass is 35.5. The molecular formula is C19H31Cl3N4O. The minimum atomic E-state index is 0. The largest absolute Gasteiger partial charge is 0.356 e. The topological polar surface area (TPSA) is 57.3 Å². The van der Waals surface area contributed by atoms with Gasteiger partial charge < -0.3 is 15.5 Å². The molecule has 0 bridgehead atoms. The average Bonchev–Trinajstić information content (AvgIpc) is 3.30. The van der Waals surface area contributed by atoms with E-state index in [1.165, 1.54) is 18.4 Å². The number of hydrogen-bond donors (Lipinski definition) is 2. The molecule has 0 aromatic carbocycles. The summed E-state index contributed by atoms with van der Waals surface area (Å²) in [5.74, 6) is 1.64. The first-order valence-electron chi connectivity index (χ1n) is 9.35. The molecule has 5 nitrogen and oxygen atoms in total. The van der Waals surface area contributed by atoms with Crippen molar-refractivity contribution in [3.05, 3.63) is 23.9 Å². The number of halogens is 3. The number of amides is 1. The lowest BCUT2D eigenvalue weighted by molar-refractivity contribution is -0.124. The monoisotopic (exact) mass is 436 g/mol. The third kappa shape index (κ3) is 5.41. The summed E-state index contributed by atoms with van der Waals surface area (Å²) in [5, 5.41) is 6.73. The number of pyridine rings is 1. The molecule has 0 radical (unpaired) electrons. The van der Waals surface area contributed by atoms with Crippen LogP contribution in [0, 0.1) is 18.3 Å². The second-order valence-corrected chi connectivity index (χ2v) is 7.83. The van der Waals surface area contributed by atoms with Gasteiger partial charge >= 0.3 is 0 Å². The van der Waals surface area contributed by atoms with Crippen molar-refractivity contribution in [2.45, 2.75) is 45.1 Å². The van der Waals surface area contributed by atoms with E-state index in [9.17, 15) is 4.79 Å². The lowest BCUT2D eigenvalue weighted by Gasteiger charge is -2.33. The van der Waals surface area contributed by atoms with Gasteiger partial charge in [-0.05, 0) is 69.2 Å². The van der Waals surface area contributed by atoms with Crippen LogP contribution < -0.4 is 15.5 Å². The molecule has 2 aliphatic heterocycles. The Kier molecular flexibility index (Phi) is 9.13. The number of aromatic nitrogens is 1. The molecule has 1 amide bonds. The van der Waals surface area contributed by atoms with Gasteiger partial charge in [-0.3, -0.25) is 4.79 Å². The molecule has 1 saturated carbocycles. The van der Waals surface area contributed by atoms with E-state index in [4.69, 9.17) is 0 Å². The SMILES string of the molecule is Cc1ccc(N2CCC(NC(=O)C3CC34CCNCC4)CC2)nc1.Cl.Cl.Cl. The molecule has 2 N–H and O–H groups in total. The Hall–Kier alpha value is -0.750. The summed E-state index contributed by atoms with van der Waals surface area (Å²) in [6, 6.07) is 4.54. The number of hydrogen-bond acceptors (Lipinski definition) is 4. The molecule has 1 spiro atoms. The van der Waals surface area contributed by atoms with Gasteiger partial charge in [0.2, 0.25) is 5.91 Å². The third-order valence-corrected chi connectivity index (χ3v) is 6.17. The molecule has 1 aliphatic carbocycles. The zero-order chi connectivity index (χ0) is 16.6. The maximum Gasteiger partial charge on any atom is 0.223 e. The smallest absolute Gasteiger partial charge is 0.223 e. The van der Waals surface area contributed by atoms with E-state index in [1.807, 2.05) is 6.20 Å². The number of piperidine rings is 2. The fraction of sp³-hybridized carbons (Fsp3) is 0.684. The molecule has 1 atom stereocenters. The van der Waals surface area contributed by atoms with Gasteiger partial charge in [0.15, 0.2) is 0 Å². The predicted molar refractivity (Wildman–Crippen MR) is 117 cm³/mol. The van der Waals surface area contributed by atoms with E-state index < -0.39 is 0 Å². The Labute approximate surface area is 180 Å². The number of nitrogens with zero attached hydrogens (tertiary/aromatic N) is 2. The molecule has 4 rings (SSSR count). The van der Waals surface area contributed by atoms with Gasteiger partial charge in [0.25, 0.3) is 0 Å². The van der Waals surface area contributed by atoms with Crippen LogP contribution in [0.5, 0.6) is 0 Å². The maximum atomic E-state index is 12.6. The van der Waals surface area contributed by atoms with Gasteiger partial charge in [0.05, 0.1) is 0 Å². The minimum Gasteiger partial charge on any atom is -0.356 e. The van der Waals surface area contributed by atoms with E-state index in [1.54, 1.807) is 0 Å². The lowest BCUT2D eigenvalue weighted by Crippen LogP contribution is -2.46. The molecule has 8 heteroatoms. The Balaban J connectivity index is 0.00000121. The van der Waals surface area contributed by atoms with E-state index in [0.29, 0.717) is 17.4 Å². The van der Waals surface area contributed by atoms with Crippen LogP contribution in [0.25, 0.3) is 0 Å². The van der Waals surface area contributed by atoms with Crippen molar-refractivity contribution >= 4 is 48.9 Å². The molecule has 3 fully saturated rings. The molecule has 3 heterocycles. The van der Waals surface area contributed by atoms with Crippen molar-refractivity contribution in [3.63, 3.8) is 0 Å². The van der Waals surface area contributed by atoms with Crippen molar-refractivity contribution < 1.29 is 4.79 Å². The molecule has 2 saturated heterocycles. The van der Waals surface area contributed by atoms with E-state index >= 15 is 0 Å². The first kappa shape index (κ1) is 24.3. The fourth-order valence-corrected chi connectivity index (χ4v) is 4.40. The lowest BCUT2D eigenvalue weighted by atomic mass is 9.91. The first-order chi connectivity index (χ1) is 11.7. The van der Waals surface area contributed by atoms with Crippen LogP contribution in [0.3, 0.4) is 0 Å². The number of carbonyl (C=O) groups is 1. The molecule has 1 aromatic rings. The van der Waals surface area contributed by atoms with Gasteiger partial charge in [-0.15, -0.1) is 37.2 Å². The summed E-state index contributed by atoms with van der Waals surface area (Å²) in [7, 11) is 0. The predicted octanol–water partition coefficient (Wildman–Crippen LogP) is 3.13. The summed E-state index contributed by atoms with van der Waals surface area (Å²) in [4.78, 5) is 19.4. The first-order valence-corrected chi connectivity index (χ1v) is 9.35. The van der Waals surface area contributed by atoms with Crippen LogP contribution in [0.2, 0.25) is 0 Å². The van der Waals surface area contributed by atoms with E-state index in [2.05, 4.69) is 39.6 Å². The van der Waals surface area contributed by atoms with Gasteiger partial charge in [-0.25, -0.2) is 4.98 Å². The molecule has 27 heavy (non-hydrogen) atoms. The highest BCUT2D eigenvalue weighted by Crippen LogP contribution is 2.58. The standard InChI is InChI=1S/C19H28N4O.3ClH/c1-14-2-3-17(21-13-14)23-10-4-15(5-11-23)22-18(24)16-12-19(16)6-8-20-9-7-19;;;/h2-3,13,15-16,20H,4-12H2,1H3,(H,22,24);3*1H. The number of nitrogens with one attached hydrogen (secondary N) is 2. The Morgan fingerprint density at radius 2 is 1.85 bits per heavy atom. The second kappa shape index (κ2) is 10.1. The number of aryl methyl sites for hydroxylation is 1. The number of carbonyl (C=O) groups excluding carboxylic acids is 1. The summed E-state index contributed by atoms with van der Waals surface area (Å²) >= 11 is 0. The Bertz CT molecular complexity index is 599. The minimum absolute atomic E-state index is 0. The van der Waals surface area contributed by atoms with Gasteiger partial charge in [0, 0.05) is 31.2 Å². The number of rotatable bonds is 3. The molecule has 1 unspecified atom stereocenters. The maximum absolute atomic E-state index is 12.6. The van der Waals surface area contributed by atoms with Crippen molar-refractivity contribution in [2.75, 3.05) is 31.1 Å². The van der Waals surface area contributed by atoms with Crippen LogP contribution >= 0.6 is 37.2 Å². The van der Waals surface area contributed by atoms with Crippen molar-refractivity contribution in [1.82, 2.24) is 15.6 Å². The van der Waals surface area contributed by atoms with Crippen molar-refractivity contribution in [2.24, 2.45) is 11.3 Å². The summed E-state index contributed by atoms with van der Waals surface area (Å²) in [5.41, 5.74) is 1.53.